The number of carbonyl (C=O) groups excluding carboxylic acids is 1. The van der Waals surface area contributed by atoms with Crippen LogP contribution in [0, 0.1) is 5.92 Å². The van der Waals surface area contributed by atoms with Crippen molar-refractivity contribution in [2.45, 2.75) is 45.3 Å². The molecule has 0 radical (unpaired) electrons. The van der Waals surface area contributed by atoms with Gasteiger partial charge in [0, 0.05) is 25.6 Å². The third-order valence-corrected chi connectivity index (χ3v) is 3.36. The number of rotatable bonds is 4. The van der Waals surface area contributed by atoms with Gasteiger partial charge in [0.2, 0.25) is 0 Å². The predicted octanol–water partition coefficient (Wildman–Crippen LogP) is 0.652. The molecule has 18 heavy (non-hydrogen) atoms. The summed E-state index contributed by atoms with van der Waals surface area (Å²) in [6, 6.07) is 0.0391. The van der Waals surface area contributed by atoms with E-state index in [-0.39, 0.29) is 25.0 Å². The maximum absolute atomic E-state index is 11.9. The molecule has 1 rings (SSSR count). The van der Waals surface area contributed by atoms with Crippen LogP contribution in [0.5, 0.6) is 0 Å². The molecule has 3 atom stereocenters. The van der Waals surface area contributed by atoms with Crippen LogP contribution in [0.25, 0.3) is 0 Å². The molecule has 6 nitrogen and oxygen atoms in total. The number of carboxylic acid groups (broad SMARTS) is 1. The van der Waals surface area contributed by atoms with E-state index in [1.54, 1.807) is 4.90 Å². The lowest BCUT2D eigenvalue weighted by molar-refractivity contribution is -0.146. The predicted molar refractivity (Wildman–Crippen MR) is 66.2 cm³/mol. The van der Waals surface area contributed by atoms with Crippen LogP contribution in [-0.2, 0) is 4.79 Å². The summed E-state index contributed by atoms with van der Waals surface area (Å²) in [5.74, 6) is -0.763. The summed E-state index contributed by atoms with van der Waals surface area (Å²) in [7, 11) is 0. The summed E-state index contributed by atoms with van der Waals surface area (Å²) in [5, 5.41) is 20.2. The van der Waals surface area contributed by atoms with Gasteiger partial charge in [0.15, 0.2) is 6.10 Å². The van der Waals surface area contributed by atoms with Crippen LogP contribution in [0.15, 0.2) is 0 Å². The van der Waals surface area contributed by atoms with E-state index in [4.69, 9.17) is 10.2 Å². The molecule has 3 unspecified atom stereocenters. The Morgan fingerprint density at radius 1 is 1.39 bits per heavy atom. The van der Waals surface area contributed by atoms with Gasteiger partial charge >= 0.3 is 12.0 Å². The Morgan fingerprint density at radius 2 is 2.06 bits per heavy atom. The number of likely N-dealkylation sites (tertiary alicyclic amines) is 1. The third kappa shape index (κ3) is 4.18. The first-order valence-corrected chi connectivity index (χ1v) is 6.37. The molecule has 0 aliphatic carbocycles. The second-order valence-electron chi connectivity index (χ2n) is 5.06. The molecule has 0 spiro atoms. The zero-order valence-corrected chi connectivity index (χ0v) is 10.9. The Labute approximate surface area is 107 Å². The van der Waals surface area contributed by atoms with Crippen LogP contribution in [0.4, 0.5) is 4.79 Å². The minimum atomic E-state index is -1.41. The summed E-state index contributed by atoms with van der Waals surface area (Å²) >= 11 is 0. The first kappa shape index (κ1) is 14.8. The number of hydrogen-bond donors (Lipinski definition) is 3. The van der Waals surface area contributed by atoms with Crippen LogP contribution in [0.3, 0.4) is 0 Å². The Morgan fingerprint density at radius 3 is 2.67 bits per heavy atom. The van der Waals surface area contributed by atoms with E-state index in [9.17, 15) is 9.59 Å². The van der Waals surface area contributed by atoms with Crippen molar-refractivity contribution in [2.24, 2.45) is 5.92 Å². The first-order valence-electron chi connectivity index (χ1n) is 6.37. The molecule has 6 heteroatoms. The second kappa shape index (κ2) is 6.58. The first-order chi connectivity index (χ1) is 8.41. The van der Waals surface area contributed by atoms with Crippen LogP contribution in [0.2, 0.25) is 0 Å². The highest BCUT2D eigenvalue weighted by Crippen LogP contribution is 2.21. The minimum Gasteiger partial charge on any atom is -0.479 e. The summed E-state index contributed by atoms with van der Waals surface area (Å²) < 4.78 is 0. The third-order valence-electron chi connectivity index (χ3n) is 3.36. The Balaban J connectivity index is 2.33. The van der Waals surface area contributed by atoms with Crippen molar-refractivity contribution in [1.82, 2.24) is 10.2 Å². The topological polar surface area (TPSA) is 89.9 Å². The van der Waals surface area contributed by atoms with Crippen molar-refractivity contribution in [3.8, 4) is 0 Å². The van der Waals surface area contributed by atoms with Gasteiger partial charge in [-0.15, -0.1) is 0 Å². The highest BCUT2D eigenvalue weighted by atomic mass is 16.4. The second-order valence-corrected chi connectivity index (χ2v) is 5.06. The van der Waals surface area contributed by atoms with E-state index >= 15 is 0 Å². The fraction of sp³-hybridized carbons (Fsp3) is 0.833. The van der Waals surface area contributed by atoms with E-state index in [1.165, 1.54) is 0 Å². The molecular formula is C12H22N2O4. The molecule has 1 aliphatic heterocycles. The summed E-state index contributed by atoms with van der Waals surface area (Å²) in [4.78, 5) is 24.1. The molecule has 3 N–H and O–H groups in total. The molecule has 1 aliphatic rings. The van der Waals surface area contributed by atoms with Crippen molar-refractivity contribution in [2.75, 3.05) is 13.1 Å². The number of aliphatic hydroxyl groups is 1. The molecule has 0 saturated carbocycles. The number of urea groups is 1. The van der Waals surface area contributed by atoms with Crippen molar-refractivity contribution in [3.63, 3.8) is 0 Å². The average Bonchev–Trinajstić information content (AvgIpc) is 2.31. The minimum absolute atomic E-state index is 0.0266. The number of amides is 2. The van der Waals surface area contributed by atoms with Gasteiger partial charge in [-0.05, 0) is 25.7 Å². The quantitative estimate of drug-likeness (QED) is 0.690. The largest absolute Gasteiger partial charge is 0.479 e. The van der Waals surface area contributed by atoms with Crippen LogP contribution >= 0.6 is 0 Å². The van der Waals surface area contributed by atoms with Crippen LogP contribution in [-0.4, -0.2) is 52.3 Å². The van der Waals surface area contributed by atoms with Crippen molar-refractivity contribution >= 4 is 12.0 Å². The maximum atomic E-state index is 11.9. The molecule has 104 valence electrons. The molecule has 1 saturated heterocycles. The lowest BCUT2D eigenvalue weighted by atomic mass is 9.95. The highest BCUT2D eigenvalue weighted by Gasteiger charge is 2.26. The number of nitrogens with zero attached hydrogens (tertiary/aromatic N) is 1. The Bertz CT molecular complexity index is 308. The maximum Gasteiger partial charge on any atom is 0.332 e. The number of carbonyl (C=O) groups is 2. The van der Waals surface area contributed by atoms with E-state index in [0.717, 1.165) is 19.4 Å². The zero-order valence-electron chi connectivity index (χ0n) is 10.9. The Hall–Kier alpha value is -1.30. The molecule has 0 bridgehead atoms. The van der Waals surface area contributed by atoms with E-state index in [0.29, 0.717) is 5.92 Å². The summed E-state index contributed by atoms with van der Waals surface area (Å²) in [5.41, 5.74) is 0. The molecule has 1 fully saturated rings. The normalized spacial score (nSPS) is 25.6. The van der Waals surface area contributed by atoms with Crippen LogP contribution in [0.1, 0.15) is 33.1 Å². The SMILES string of the molecule is CC1CCC(C)N(C(=O)NCCC(O)C(=O)O)C1. The summed E-state index contributed by atoms with van der Waals surface area (Å²) in [6.07, 6.45) is 0.733. The van der Waals surface area contributed by atoms with Gasteiger partial charge in [-0.2, -0.15) is 0 Å². The number of aliphatic hydroxyl groups excluding tert-OH is 1. The van der Waals surface area contributed by atoms with Gasteiger partial charge in [-0.1, -0.05) is 6.92 Å². The number of hydrogen-bond acceptors (Lipinski definition) is 3. The average molecular weight is 258 g/mol. The lowest BCUT2D eigenvalue weighted by Crippen LogP contribution is -2.50. The van der Waals surface area contributed by atoms with Gasteiger partial charge < -0.3 is 20.4 Å². The molecule has 0 aromatic rings. The summed E-state index contributed by atoms with van der Waals surface area (Å²) in [6.45, 7) is 5.02. The van der Waals surface area contributed by atoms with Gasteiger partial charge in [-0.3, -0.25) is 0 Å². The van der Waals surface area contributed by atoms with E-state index in [2.05, 4.69) is 12.2 Å². The molecule has 0 aromatic heterocycles. The van der Waals surface area contributed by atoms with Crippen LogP contribution < -0.4 is 5.32 Å². The fourth-order valence-electron chi connectivity index (χ4n) is 2.11. The number of nitrogens with one attached hydrogen (secondary N) is 1. The van der Waals surface area contributed by atoms with Gasteiger partial charge in [0.25, 0.3) is 0 Å². The standard InChI is InChI=1S/C12H22N2O4/c1-8-3-4-9(2)14(7-8)12(18)13-6-5-10(15)11(16)17/h8-10,15H,3-7H2,1-2H3,(H,13,18)(H,16,17). The number of piperidine rings is 1. The highest BCUT2D eigenvalue weighted by molar-refractivity contribution is 5.75. The van der Waals surface area contributed by atoms with Crippen molar-refractivity contribution in [1.29, 1.82) is 0 Å². The van der Waals surface area contributed by atoms with E-state index < -0.39 is 12.1 Å². The van der Waals surface area contributed by atoms with Gasteiger partial charge in [0.05, 0.1) is 0 Å². The Kier molecular flexibility index (Phi) is 5.40. The zero-order chi connectivity index (χ0) is 13.7. The molecule has 1 heterocycles. The smallest absolute Gasteiger partial charge is 0.332 e. The molecule has 0 aromatic carbocycles. The van der Waals surface area contributed by atoms with Gasteiger partial charge in [0.1, 0.15) is 0 Å². The number of carboxylic acids is 1. The molecule has 2 amide bonds. The van der Waals surface area contributed by atoms with Crippen molar-refractivity contribution in [3.05, 3.63) is 0 Å². The van der Waals surface area contributed by atoms with Crippen molar-refractivity contribution < 1.29 is 19.8 Å². The molecular weight excluding hydrogens is 236 g/mol. The number of aliphatic carboxylic acids is 1. The van der Waals surface area contributed by atoms with E-state index in [1.807, 2.05) is 6.92 Å². The monoisotopic (exact) mass is 258 g/mol. The fourth-order valence-corrected chi connectivity index (χ4v) is 2.11. The lowest BCUT2D eigenvalue weighted by Gasteiger charge is -2.36. The van der Waals surface area contributed by atoms with Gasteiger partial charge in [-0.25, -0.2) is 9.59 Å².